The number of aryl methyl sites for hydroxylation is 1. The normalized spacial score (nSPS) is 15.5. The zero-order valence-electron chi connectivity index (χ0n) is 13.5. The number of nitrogens with zero attached hydrogens (tertiary/aromatic N) is 1. The van der Waals surface area contributed by atoms with Crippen LogP contribution in [0.15, 0.2) is 49.6 Å². The summed E-state index contributed by atoms with van der Waals surface area (Å²) in [5.41, 5.74) is 1.62. The van der Waals surface area contributed by atoms with Crippen molar-refractivity contribution in [3.63, 3.8) is 0 Å². The van der Waals surface area contributed by atoms with Gasteiger partial charge in [-0.2, -0.15) is 0 Å². The summed E-state index contributed by atoms with van der Waals surface area (Å²) in [5, 5.41) is 5.10. The first-order chi connectivity index (χ1) is 12.3. The molecule has 0 unspecified atom stereocenters. The van der Waals surface area contributed by atoms with E-state index in [1.54, 1.807) is 24.3 Å². The Morgan fingerprint density at radius 2 is 2.08 bits per heavy atom. The second-order valence-corrected chi connectivity index (χ2v) is 7.14. The monoisotopic (exact) mass is 481 g/mol. The third-order valence-corrected chi connectivity index (χ3v) is 5.23. The lowest BCUT2D eigenvalue weighted by Crippen LogP contribution is -2.38. The molecular formula is C17H13Br2N3O4. The van der Waals surface area contributed by atoms with E-state index in [1.807, 2.05) is 13.0 Å². The number of imide groups is 1. The Hall–Kier alpha value is -2.39. The fourth-order valence-electron chi connectivity index (χ4n) is 2.36. The number of hydrogen-bond acceptors (Lipinski definition) is 4. The van der Waals surface area contributed by atoms with E-state index in [9.17, 15) is 14.4 Å². The standard InChI is InChI=1S/C17H13Br2N3O4/c1-9-3-2-4-10(5-9)20-14(23)8-22-16(24)13(21-17(22)25)7-11-6-12(18)15(19)26-11/h2-7H,8H2,1H3,(H,20,23)(H,21,25)/b13-7-. The molecule has 0 spiro atoms. The number of rotatable bonds is 4. The van der Waals surface area contributed by atoms with Crippen molar-refractivity contribution < 1.29 is 18.8 Å². The maximum atomic E-state index is 12.4. The molecule has 7 nitrogen and oxygen atoms in total. The highest BCUT2D eigenvalue weighted by atomic mass is 79.9. The van der Waals surface area contributed by atoms with Crippen LogP contribution in [0.2, 0.25) is 0 Å². The highest BCUT2D eigenvalue weighted by Crippen LogP contribution is 2.28. The number of hydrogen-bond donors (Lipinski definition) is 2. The molecule has 1 aromatic heterocycles. The van der Waals surface area contributed by atoms with Gasteiger partial charge in [-0.25, -0.2) is 9.69 Å². The number of nitrogens with one attached hydrogen (secondary N) is 2. The maximum absolute atomic E-state index is 12.4. The molecule has 0 saturated carbocycles. The first-order valence-corrected chi connectivity index (χ1v) is 9.08. The largest absolute Gasteiger partial charge is 0.449 e. The average Bonchev–Trinajstić information content (AvgIpc) is 3.01. The summed E-state index contributed by atoms with van der Waals surface area (Å²) in [6, 6.07) is 8.21. The molecule has 1 aromatic carbocycles. The SMILES string of the molecule is Cc1cccc(NC(=O)CN2C(=O)N/C(=C\c3cc(Br)c(Br)o3)C2=O)c1. The number of carbonyl (C=O) groups is 3. The van der Waals surface area contributed by atoms with Crippen LogP contribution in [0.5, 0.6) is 0 Å². The maximum Gasteiger partial charge on any atom is 0.329 e. The van der Waals surface area contributed by atoms with Crippen molar-refractivity contribution in [1.29, 1.82) is 0 Å². The second kappa shape index (κ2) is 7.46. The van der Waals surface area contributed by atoms with Gasteiger partial charge in [-0.3, -0.25) is 9.59 Å². The minimum Gasteiger partial charge on any atom is -0.449 e. The molecule has 1 fully saturated rings. The van der Waals surface area contributed by atoms with Gasteiger partial charge >= 0.3 is 6.03 Å². The highest BCUT2D eigenvalue weighted by molar-refractivity contribution is 9.13. The van der Waals surface area contributed by atoms with Crippen molar-refractivity contribution in [2.45, 2.75) is 6.92 Å². The minimum atomic E-state index is -0.662. The van der Waals surface area contributed by atoms with Crippen molar-refractivity contribution in [3.05, 3.63) is 56.5 Å². The Bertz CT molecular complexity index is 916. The molecule has 26 heavy (non-hydrogen) atoms. The van der Waals surface area contributed by atoms with Crippen LogP contribution in [0, 0.1) is 6.92 Å². The second-order valence-electron chi connectivity index (χ2n) is 5.57. The molecule has 9 heteroatoms. The molecule has 2 heterocycles. The van der Waals surface area contributed by atoms with E-state index in [1.165, 1.54) is 6.08 Å². The molecule has 134 valence electrons. The van der Waals surface area contributed by atoms with Gasteiger partial charge in [0, 0.05) is 11.8 Å². The first-order valence-electron chi connectivity index (χ1n) is 7.49. The Balaban J connectivity index is 1.69. The van der Waals surface area contributed by atoms with Crippen LogP contribution in [-0.2, 0) is 9.59 Å². The molecule has 0 radical (unpaired) electrons. The molecule has 1 aliphatic rings. The number of furan rings is 1. The molecule has 2 aromatic rings. The van der Waals surface area contributed by atoms with Gasteiger partial charge < -0.3 is 15.1 Å². The molecule has 1 aliphatic heterocycles. The molecule has 0 bridgehead atoms. The topological polar surface area (TPSA) is 91.7 Å². The Morgan fingerprint density at radius 1 is 1.31 bits per heavy atom. The van der Waals surface area contributed by atoms with Crippen LogP contribution in [0.4, 0.5) is 10.5 Å². The summed E-state index contributed by atoms with van der Waals surface area (Å²) >= 11 is 6.46. The van der Waals surface area contributed by atoms with Crippen LogP contribution in [0.3, 0.4) is 0 Å². The van der Waals surface area contributed by atoms with Gasteiger partial charge in [-0.05, 0) is 62.5 Å². The van der Waals surface area contributed by atoms with Crippen molar-refractivity contribution in [2.75, 3.05) is 11.9 Å². The van der Waals surface area contributed by atoms with Crippen molar-refractivity contribution in [3.8, 4) is 0 Å². The summed E-state index contributed by atoms with van der Waals surface area (Å²) in [7, 11) is 0. The summed E-state index contributed by atoms with van der Waals surface area (Å²) in [5.74, 6) is -0.694. The van der Waals surface area contributed by atoms with Gasteiger partial charge in [0.15, 0.2) is 4.67 Å². The zero-order valence-corrected chi connectivity index (χ0v) is 16.7. The molecule has 3 rings (SSSR count). The van der Waals surface area contributed by atoms with E-state index in [2.05, 4.69) is 42.5 Å². The van der Waals surface area contributed by atoms with Crippen molar-refractivity contribution in [2.24, 2.45) is 0 Å². The Kier molecular flexibility index (Phi) is 5.28. The lowest BCUT2D eigenvalue weighted by molar-refractivity contribution is -0.127. The predicted octanol–water partition coefficient (Wildman–Crippen LogP) is 3.64. The van der Waals surface area contributed by atoms with Crippen molar-refractivity contribution in [1.82, 2.24) is 10.2 Å². The summed E-state index contributed by atoms with van der Waals surface area (Å²) in [6.45, 7) is 1.51. The van der Waals surface area contributed by atoms with Crippen LogP contribution in [0.25, 0.3) is 6.08 Å². The number of benzene rings is 1. The first kappa shape index (κ1) is 18.4. The van der Waals surface area contributed by atoms with E-state index in [0.717, 1.165) is 10.5 Å². The summed E-state index contributed by atoms with van der Waals surface area (Å²) in [4.78, 5) is 37.4. The molecule has 0 atom stereocenters. The molecule has 1 saturated heterocycles. The summed E-state index contributed by atoms with van der Waals surface area (Å²) in [6.07, 6.45) is 1.40. The van der Waals surface area contributed by atoms with Crippen LogP contribution >= 0.6 is 31.9 Å². The Morgan fingerprint density at radius 3 is 2.73 bits per heavy atom. The number of anilines is 1. The van der Waals surface area contributed by atoms with Crippen LogP contribution in [0.1, 0.15) is 11.3 Å². The van der Waals surface area contributed by atoms with Gasteiger partial charge in [0.25, 0.3) is 5.91 Å². The highest BCUT2D eigenvalue weighted by Gasteiger charge is 2.35. The fourth-order valence-corrected chi connectivity index (χ4v) is 2.97. The number of carbonyl (C=O) groups excluding carboxylic acids is 3. The van der Waals surface area contributed by atoms with E-state index in [4.69, 9.17) is 4.42 Å². The van der Waals surface area contributed by atoms with E-state index >= 15 is 0 Å². The van der Waals surface area contributed by atoms with Crippen LogP contribution in [-0.4, -0.2) is 29.3 Å². The quantitative estimate of drug-likeness (QED) is 0.514. The molecular weight excluding hydrogens is 470 g/mol. The van der Waals surface area contributed by atoms with Gasteiger partial charge in [0.2, 0.25) is 5.91 Å². The Labute approximate surface area is 165 Å². The number of urea groups is 1. The number of halogens is 2. The third-order valence-electron chi connectivity index (χ3n) is 3.52. The predicted molar refractivity (Wildman–Crippen MR) is 102 cm³/mol. The molecule has 4 amide bonds. The third kappa shape index (κ3) is 4.05. The molecule has 0 aliphatic carbocycles. The van der Waals surface area contributed by atoms with Crippen molar-refractivity contribution >= 4 is 61.5 Å². The lowest BCUT2D eigenvalue weighted by atomic mass is 10.2. The van der Waals surface area contributed by atoms with Crippen LogP contribution < -0.4 is 10.6 Å². The minimum absolute atomic E-state index is 0.0344. The van der Waals surface area contributed by atoms with Gasteiger partial charge in [0.05, 0.1) is 4.47 Å². The summed E-state index contributed by atoms with van der Waals surface area (Å²) < 4.78 is 6.50. The average molecular weight is 483 g/mol. The van der Waals surface area contributed by atoms with E-state index in [0.29, 0.717) is 20.6 Å². The van der Waals surface area contributed by atoms with E-state index in [-0.39, 0.29) is 12.2 Å². The molecule has 2 N–H and O–H groups in total. The number of amides is 4. The van der Waals surface area contributed by atoms with Gasteiger partial charge in [-0.1, -0.05) is 12.1 Å². The zero-order chi connectivity index (χ0) is 18.8. The van der Waals surface area contributed by atoms with Gasteiger partial charge in [-0.15, -0.1) is 0 Å². The smallest absolute Gasteiger partial charge is 0.329 e. The lowest BCUT2D eigenvalue weighted by Gasteiger charge is -2.12. The fraction of sp³-hybridized carbons (Fsp3) is 0.118. The van der Waals surface area contributed by atoms with Gasteiger partial charge in [0.1, 0.15) is 18.0 Å². The van der Waals surface area contributed by atoms with E-state index < -0.39 is 17.8 Å².